The van der Waals surface area contributed by atoms with Crippen LogP contribution in [0.15, 0.2) is 47.4 Å². The third-order valence-electron chi connectivity index (χ3n) is 4.09. The fraction of sp³-hybridized carbons (Fsp3) is 0.278. The van der Waals surface area contributed by atoms with Crippen LogP contribution in [0.3, 0.4) is 0 Å². The average Bonchev–Trinajstić information content (AvgIpc) is 2.44. The molecule has 0 aromatic heterocycles. The van der Waals surface area contributed by atoms with E-state index in [1.807, 2.05) is 12.1 Å². The number of carbonyl (C=O) groups excluding carboxylic acids is 1. The number of benzene rings is 2. The molecule has 0 fully saturated rings. The second kappa shape index (κ2) is 4.78. The lowest BCUT2D eigenvalue weighted by Gasteiger charge is -2.33. The number of hydrogen-bond acceptors (Lipinski definition) is 2. The highest BCUT2D eigenvalue weighted by Gasteiger charge is 2.40. The zero-order chi connectivity index (χ0) is 14.3. The molecule has 0 aliphatic carbocycles. The van der Waals surface area contributed by atoms with Crippen molar-refractivity contribution in [3.63, 3.8) is 0 Å². The van der Waals surface area contributed by atoms with Crippen LogP contribution in [0.4, 0.5) is 0 Å². The molecule has 2 aromatic carbocycles. The average molecular weight is 282 g/mol. The number of Topliss-reactive ketones (excluding diaryl/α,β-unsaturated/α-hetero) is 1. The summed E-state index contributed by atoms with van der Waals surface area (Å²) in [6, 6.07) is 14.5. The van der Waals surface area contributed by atoms with Crippen molar-refractivity contribution >= 4 is 17.5 Å². The maximum atomic E-state index is 12.9. The molecular formula is C18H18OS. The van der Waals surface area contributed by atoms with Crippen molar-refractivity contribution in [3.05, 3.63) is 64.7 Å². The summed E-state index contributed by atoms with van der Waals surface area (Å²) in [6.07, 6.45) is 0. The molecule has 0 radical (unpaired) electrons. The summed E-state index contributed by atoms with van der Waals surface area (Å²) in [6.45, 7) is 6.20. The summed E-state index contributed by atoms with van der Waals surface area (Å²) >= 11 is 1.79. The predicted octanol–water partition coefficient (Wildman–Crippen LogP) is 4.55. The fourth-order valence-corrected chi connectivity index (χ4v) is 3.98. The SMILES string of the molecule is Cc1ccc([C@]2(C)CSc3cc(C)ccc3C2=O)cc1. The van der Waals surface area contributed by atoms with Gasteiger partial charge in [0.05, 0.1) is 5.41 Å². The van der Waals surface area contributed by atoms with E-state index in [0.717, 1.165) is 21.8 Å². The Bertz CT molecular complexity index is 672. The Hall–Kier alpha value is -1.54. The van der Waals surface area contributed by atoms with E-state index in [4.69, 9.17) is 0 Å². The first-order chi connectivity index (χ1) is 9.50. The lowest BCUT2D eigenvalue weighted by atomic mass is 9.77. The summed E-state index contributed by atoms with van der Waals surface area (Å²) in [5, 5.41) is 0. The van der Waals surface area contributed by atoms with E-state index in [1.165, 1.54) is 11.1 Å². The van der Waals surface area contributed by atoms with Crippen LogP contribution in [0.1, 0.15) is 34.0 Å². The summed E-state index contributed by atoms with van der Waals surface area (Å²) in [7, 11) is 0. The van der Waals surface area contributed by atoms with Gasteiger partial charge in [-0.3, -0.25) is 4.79 Å². The largest absolute Gasteiger partial charge is 0.293 e. The summed E-state index contributed by atoms with van der Waals surface area (Å²) in [4.78, 5) is 14.0. The molecule has 0 unspecified atom stereocenters. The van der Waals surface area contributed by atoms with Crippen LogP contribution in [0.5, 0.6) is 0 Å². The molecule has 0 saturated carbocycles. The lowest BCUT2D eigenvalue weighted by molar-refractivity contribution is 0.0906. The zero-order valence-electron chi connectivity index (χ0n) is 12.1. The van der Waals surface area contributed by atoms with Gasteiger partial charge in [-0.05, 0) is 44.0 Å². The minimum atomic E-state index is -0.416. The van der Waals surface area contributed by atoms with Crippen molar-refractivity contribution in [2.24, 2.45) is 0 Å². The summed E-state index contributed by atoms with van der Waals surface area (Å²) in [5.41, 5.74) is 4.01. The summed E-state index contributed by atoms with van der Waals surface area (Å²) < 4.78 is 0. The van der Waals surface area contributed by atoms with E-state index >= 15 is 0 Å². The van der Waals surface area contributed by atoms with Gasteiger partial charge in [-0.2, -0.15) is 0 Å². The van der Waals surface area contributed by atoms with Gasteiger partial charge >= 0.3 is 0 Å². The van der Waals surface area contributed by atoms with Crippen LogP contribution in [0.2, 0.25) is 0 Å². The number of thioether (sulfide) groups is 1. The van der Waals surface area contributed by atoms with E-state index in [-0.39, 0.29) is 5.78 Å². The monoisotopic (exact) mass is 282 g/mol. The molecule has 1 aliphatic heterocycles. The third-order valence-corrected chi connectivity index (χ3v) is 5.46. The molecule has 2 aromatic rings. The van der Waals surface area contributed by atoms with Crippen molar-refractivity contribution in [1.82, 2.24) is 0 Å². The number of fused-ring (bicyclic) bond motifs is 1. The van der Waals surface area contributed by atoms with Crippen LogP contribution in [0, 0.1) is 13.8 Å². The van der Waals surface area contributed by atoms with Gasteiger partial charge in [0.15, 0.2) is 5.78 Å². The molecule has 1 heterocycles. The van der Waals surface area contributed by atoms with Crippen molar-refractivity contribution in [3.8, 4) is 0 Å². The number of carbonyl (C=O) groups is 1. The van der Waals surface area contributed by atoms with Gasteiger partial charge in [-0.1, -0.05) is 35.9 Å². The van der Waals surface area contributed by atoms with Gasteiger partial charge in [0.2, 0.25) is 0 Å². The van der Waals surface area contributed by atoms with Crippen LogP contribution >= 0.6 is 11.8 Å². The molecule has 0 spiro atoms. The van der Waals surface area contributed by atoms with Gasteiger partial charge in [0.25, 0.3) is 0 Å². The molecule has 1 aliphatic rings. The first kappa shape index (κ1) is 13.4. The Labute approximate surface area is 124 Å². The minimum absolute atomic E-state index is 0.245. The number of rotatable bonds is 1. The standard InChI is InChI=1S/C18H18OS/c1-12-4-7-14(8-5-12)18(3)11-20-16-10-13(2)6-9-15(16)17(18)19/h4-10H,11H2,1-3H3/t18-/m0/s1. The van der Waals surface area contributed by atoms with Crippen molar-refractivity contribution in [2.45, 2.75) is 31.1 Å². The number of aryl methyl sites for hydroxylation is 2. The van der Waals surface area contributed by atoms with Gasteiger partial charge in [0, 0.05) is 16.2 Å². The Morgan fingerprint density at radius 2 is 1.65 bits per heavy atom. The van der Waals surface area contributed by atoms with Crippen molar-refractivity contribution < 1.29 is 4.79 Å². The van der Waals surface area contributed by atoms with E-state index in [2.05, 4.69) is 51.1 Å². The quantitative estimate of drug-likeness (QED) is 0.763. The normalized spacial score (nSPS) is 21.6. The Morgan fingerprint density at radius 1 is 1.00 bits per heavy atom. The highest BCUT2D eigenvalue weighted by Crippen LogP contribution is 2.42. The topological polar surface area (TPSA) is 17.1 Å². The molecule has 102 valence electrons. The maximum Gasteiger partial charge on any atom is 0.175 e. The first-order valence-electron chi connectivity index (χ1n) is 6.86. The van der Waals surface area contributed by atoms with Gasteiger partial charge in [0.1, 0.15) is 0 Å². The predicted molar refractivity (Wildman–Crippen MR) is 84.8 cm³/mol. The van der Waals surface area contributed by atoms with Gasteiger partial charge < -0.3 is 0 Å². The van der Waals surface area contributed by atoms with Crippen molar-refractivity contribution in [1.29, 1.82) is 0 Å². The van der Waals surface area contributed by atoms with E-state index in [1.54, 1.807) is 11.8 Å². The second-order valence-corrected chi connectivity index (χ2v) is 6.83. The summed E-state index contributed by atoms with van der Waals surface area (Å²) in [5.74, 6) is 1.06. The van der Waals surface area contributed by atoms with E-state index in [9.17, 15) is 4.79 Å². The minimum Gasteiger partial charge on any atom is -0.293 e. The Kier molecular flexibility index (Phi) is 3.21. The van der Waals surface area contributed by atoms with Crippen LogP contribution < -0.4 is 0 Å². The van der Waals surface area contributed by atoms with E-state index < -0.39 is 5.41 Å². The molecule has 3 rings (SSSR count). The van der Waals surface area contributed by atoms with Crippen LogP contribution in [-0.2, 0) is 5.41 Å². The fourth-order valence-electron chi connectivity index (χ4n) is 2.66. The first-order valence-corrected chi connectivity index (χ1v) is 7.85. The molecule has 0 amide bonds. The van der Waals surface area contributed by atoms with Crippen LogP contribution in [-0.4, -0.2) is 11.5 Å². The molecule has 1 atom stereocenters. The molecular weight excluding hydrogens is 264 g/mol. The zero-order valence-corrected chi connectivity index (χ0v) is 12.9. The maximum absolute atomic E-state index is 12.9. The molecule has 0 bridgehead atoms. The molecule has 1 nitrogen and oxygen atoms in total. The van der Waals surface area contributed by atoms with E-state index in [0.29, 0.717) is 0 Å². The van der Waals surface area contributed by atoms with Crippen LogP contribution in [0.25, 0.3) is 0 Å². The molecule has 0 N–H and O–H groups in total. The smallest absolute Gasteiger partial charge is 0.175 e. The van der Waals surface area contributed by atoms with Gasteiger partial charge in [-0.25, -0.2) is 0 Å². The lowest BCUT2D eigenvalue weighted by Crippen LogP contribution is -2.38. The molecule has 2 heteroatoms. The highest BCUT2D eigenvalue weighted by molar-refractivity contribution is 7.99. The third kappa shape index (κ3) is 2.08. The number of ketones is 1. The molecule has 20 heavy (non-hydrogen) atoms. The number of hydrogen-bond donors (Lipinski definition) is 0. The van der Waals surface area contributed by atoms with Crippen molar-refractivity contribution in [2.75, 3.05) is 5.75 Å². The van der Waals surface area contributed by atoms with Gasteiger partial charge in [-0.15, -0.1) is 11.8 Å². The second-order valence-electron chi connectivity index (χ2n) is 5.82. The molecule has 0 saturated heterocycles. The Morgan fingerprint density at radius 3 is 2.35 bits per heavy atom. The Balaban J connectivity index is 2.06. The highest BCUT2D eigenvalue weighted by atomic mass is 32.2.